The van der Waals surface area contributed by atoms with E-state index in [1.54, 1.807) is 39.3 Å². The maximum Gasteiger partial charge on any atom is 0.191 e. The number of aryl methyl sites for hydroxylation is 1. The molecule has 9 heteroatoms. The van der Waals surface area contributed by atoms with Gasteiger partial charge in [0.1, 0.15) is 5.82 Å². The van der Waals surface area contributed by atoms with Crippen molar-refractivity contribution in [2.75, 3.05) is 27.9 Å². The maximum absolute atomic E-state index is 5.43. The van der Waals surface area contributed by atoms with Crippen molar-refractivity contribution in [3.05, 3.63) is 36.4 Å². The number of aromatic nitrogens is 5. The van der Waals surface area contributed by atoms with E-state index in [0.29, 0.717) is 18.1 Å². The van der Waals surface area contributed by atoms with Gasteiger partial charge in [0.2, 0.25) is 0 Å². The zero-order chi connectivity index (χ0) is 19.9. The Hall–Kier alpha value is -2.52. The third kappa shape index (κ3) is 4.48. The van der Waals surface area contributed by atoms with Crippen LogP contribution in [0.15, 0.2) is 35.7 Å². The predicted octanol–water partition coefficient (Wildman–Crippen LogP) is 3.02. The largest absolute Gasteiger partial charge is 0.493 e. The van der Waals surface area contributed by atoms with Crippen molar-refractivity contribution in [2.45, 2.75) is 23.9 Å². The molecule has 0 saturated carbocycles. The molecular formula is C19H25N5O3S. The fourth-order valence-corrected chi connectivity index (χ4v) is 3.79. The van der Waals surface area contributed by atoms with Crippen LogP contribution in [0.4, 0.5) is 0 Å². The van der Waals surface area contributed by atoms with Gasteiger partial charge in [0.25, 0.3) is 0 Å². The van der Waals surface area contributed by atoms with Gasteiger partial charge in [0.15, 0.2) is 22.5 Å². The van der Waals surface area contributed by atoms with Crippen molar-refractivity contribution in [1.82, 2.24) is 24.3 Å². The molecule has 0 spiro atoms. The molecule has 0 radical (unpaired) electrons. The van der Waals surface area contributed by atoms with Crippen LogP contribution < -0.4 is 9.47 Å². The Labute approximate surface area is 168 Å². The smallest absolute Gasteiger partial charge is 0.191 e. The van der Waals surface area contributed by atoms with Crippen LogP contribution in [0.2, 0.25) is 0 Å². The van der Waals surface area contributed by atoms with Crippen LogP contribution in [0.25, 0.3) is 11.4 Å². The summed E-state index contributed by atoms with van der Waals surface area (Å²) in [6.45, 7) is 1.43. The molecule has 0 bridgehead atoms. The third-order valence-corrected chi connectivity index (χ3v) is 5.30. The standard InChI is InChI=1S/C19H25N5O3S/c1-23-10-8-20-17(23)13-28-19-22-21-18(24(19)9-5-11-25-2)14-6-7-15(26-3)16(12-14)27-4/h6-8,10,12H,5,9,11,13H2,1-4H3. The molecule has 0 N–H and O–H groups in total. The highest BCUT2D eigenvalue weighted by Crippen LogP contribution is 2.33. The van der Waals surface area contributed by atoms with Crippen LogP contribution in [0.3, 0.4) is 0 Å². The lowest BCUT2D eigenvalue weighted by Crippen LogP contribution is -2.06. The Bertz CT molecular complexity index is 909. The quantitative estimate of drug-likeness (QED) is 0.380. The van der Waals surface area contributed by atoms with Crippen molar-refractivity contribution < 1.29 is 14.2 Å². The van der Waals surface area contributed by atoms with Gasteiger partial charge in [-0.15, -0.1) is 10.2 Å². The number of nitrogens with zero attached hydrogens (tertiary/aromatic N) is 5. The normalized spacial score (nSPS) is 11.0. The van der Waals surface area contributed by atoms with Gasteiger partial charge in [0, 0.05) is 45.3 Å². The molecular weight excluding hydrogens is 378 g/mol. The lowest BCUT2D eigenvalue weighted by atomic mass is 10.2. The van der Waals surface area contributed by atoms with Crippen LogP contribution in [-0.2, 0) is 24.1 Å². The Balaban J connectivity index is 1.89. The van der Waals surface area contributed by atoms with Crippen LogP contribution in [-0.4, -0.2) is 52.3 Å². The Morgan fingerprint density at radius 3 is 2.57 bits per heavy atom. The lowest BCUT2D eigenvalue weighted by molar-refractivity contribution is 0.189. The number of imidazole rings is 1. The van der Waals surface area contributed by atoms with E-state index >= 15 is 0 Å². The fraction of sp³-hybridized carbons (Fsp3) is 0.421. The van der Waals surface area contributed by atoms with Gasteiger partial charge in [-0.3, -0.25) is 0 Å². The molecule has 0 aliphatic rings. The minimum atomic E-state index is 0.661. The Morgan fingerprint density at radius 1 is 1.07 bits per heavy atom. The zero-order valence-corrected chi connectivity index (χ0v) is 17.4. The SMILES string of the molecule is COCCCn1c(SCc2nccn2C)nnc1-c1ccc(OC)c(OC)c1. The van der Waals surface area contributed by atoms with Crippen LogP contribution in [0, 0.1) is 0 Å². The molecule has 0 atom stereocenters. The molecule has 2 aromatic heterocycles. The summed E-state index contributed by atoms with van der Waals surface area (Å²) in [7, 11) is 6.94. The van der Waals surface area contributed by atoms with E-state index in [4.69, 9.17) is 14.2 Å². The van der Waals surface area contributed by atoms with Gasteiger partial charge in [0.05, 0.1) is 20.0 Å². The molecule has 0 unspecified atom stereocenters. The number of benzene rings is 1. The Kier molecular flexibility index (Phi) is 6.94. The molecule has 150 valence electrons. The van der Waals surface area contributed by atoms with Gasteiger partial charge in [-0.1, -0.05) is 11.8 Å². The number of hydrogen-bond acceptors (Lipinski definition) is 7. The first kappa shape index (κ1) is 20.2. The molecule has 1 aromatic carbocycles. The summed E-state index contributed by atoms with van der Waals surface area (Å²) in [6.07, 6.45) is 4.60. The molecule has 28 heavy (non-hydrogen) atoms. The topological polar surface area (TPSA) is 76.2 Å². The Morgan fingerprint density at radius 2 is 1.89 bits per heavy atom. The predicted molar refractivity (Wildman–Crippen MR) is 108 cm³/mol. The first-order chi connectivity index (χ1) is 13.7. The first-order valence-corrected chi connectivity index (χ1v) is 9.90. The van der Waals surface area contributed by atoms with Gasteiger partial charge < -0.3 is 23.3 Å². The number of ether oxygens (including phenoxy) is 3. The summed E-state index contributed by atoms with van der Waals surface area (Å²) >= 11 is 1.62. The maximum atomic E-state index is 5.43. The minimum Gasteiger partial charge on any atom is -0.493 e. The van der Waals surface area contributed by atoms with E-state index in [2.05, 4.69) is 19.7 Å². The summed E-state index contributed by atoms with van der Waals surface area (Å²) in [5.41, 5.74) is 0.923. The van der Waals surface area contributed by atoms with Crippen molar-refractivity contribution in [3.63, 3.8) is 0 Å². The second-order valence-electron chi connectivity index (χ2n) is 6.12. The zero-order valence-electron chi connectivity index (χ0n) is 16.6. The van der Waals surface area contributed by atoms with Crippen molar-refractivity contribution in [2.24, 2.45) is 7.05 Å². The molecule has 2 heterocycles. The molecule has 8 nitrogen and oxygen atoms in total. The second-order valence-corrected chi connectivity index (χ2v) is 7.06. The van der Waals surface area contributed by atoms with E-state index in [0.717, 1.165) is 41.1 Å². The van der Waals surface area contributed by atoms with Gasteiger partial charge in [-0.25, -0.2) is 4.98 Å². The number of hydrogen-bond donors (Lipinski definition) is 0. The molecule has 0 saturated heterocycles. The van der Waals surface area contributed by atoms with E-state index in [9.17, 15) is 0 Å². The highest BCUT2D eigenvalue weighted by Gasteiger charge is 2.17. The van der Waals surface area contributed by atoms with Crippen molar-refractivity contribution in [3.8, 4) is 22.9 Å². The van der Waals surface area contributed by atoms with E-state index in [1.807, 2.05) is 36.0 Å². The molecule has 0 fully saturated rings. The summed E-state index contributed by atoms with van der Waals surface area (Å²) < 4.78 is 20.1. The summed E-state index contributed by atoms with van der Waals surface area (Å²) in [5.74, 6) is 3.84. The van der Waals surface area contributed by atoms with Crippen LogP contribution in [0.5, 0.6) is 11.5 Å². The number of methoxy groups -OCH3 is 3. The van der Waals surface area contributed by atoms with Gasteiger partial charge >= 0.3 is 0 Å². The van der Waals surface area contributed by atoms with E-state index < -0.39 is 0 Å². The average Bonchev–Trinajstić information content (AvgIpc) is 3.31. The molecule has 3 rings (SSSR count). The third-order valence-electron chi connectivity index (χ3n) is 4.34. The lowest BCUT2D eigenvalue weighted by Gasteiger charge is -2.12. The summed E-state index contributed by atoms with van der Waals surface area (Å²) in [5, 5.41) is 9.72. The monoisotopic (exact) mass is 403 g/mol. The van der Waals surface area contributed by atoms with Crippen molar-refractivity contribution >= 4 is 11.8 Å². The minimum absolute atomic E-state index is 0.661. The first-order valence-electron chi connectivity index (χ1n) is 8.91. The number of thioether (sulfide) groups is 1. The highest BCUT2D eigenvalue weighted by atomic mass is 32.2. The number of rotatable bonds is 10. The fourth-order valence-electron chi connectivity index (χ4n) is 2.82. The summed E-state index contributed by atoms with van der Waals surface area (Å²) in [6, 6.07) is 5.76. The van der Waals surface area contributed by atoms with Gasteiger partial charge in [-0.2, -0.15) is 0 Å². The molecule has 3 aromatic rings. The molecule has 0 aliphatic carbocycles. The highest BCUT2D eigenvalue weighted by molar-refractivity contribution is 7.98. The van der Waals surface area contributed by atoms with Crippen LogP contribution >= 0.6 is 11.8 Å². The van der Waals surface area contributed by atoms with Crippen LogP contribution in [0.1, 0.15) is 12.2 Å². The van der Waals surface area contributed by atoms with Crippen molar-refractivity contribution in [1.29, 1.82) is 0 Å². The second kappa shape index (κ2) is 9.61. The average molecular weight is 404 g/mol. The van der Waals surface area contributed by atoms with E-state index in [-0.39, 0.29) is 0 Å². The molecule has 0 aliphatic heterocycles. The molecule has 0 amide bonds. The summed E-state index contributed by atoms with van der Waals surface area (Å²) in [4.78, 5) is 4.38. The van der Waals surface area contributed by atoms with Gasteiger partial charge in [-0.05, 0) is 24.6 Å². The van der Waals surface area contributed by atoms with E-state index in [1.165, 1.54) is 0 Å².